The van der Waals surface area contributed by atoms with Crippen molar-refractivity contribution in [2.45, 2.75) is 105 Å². The van der Waals surface area contributed by atoms with E-state index >= 15 is 0 Å². The van der Waals surface area contributed by atoms with E-state index in [2.05, 4.69) is 281 Å². The van der Waals surface area contributed by atoms with Gasteiger partial charge in [-0.25, -0.2) is 0 Å². The molecule has 0 radical (unpaired) electrons. The standard InChI is InChI=1S/C74H67BN2O/c1-71(2,3)49-36-50(72(4,5)6)39-53(38-49)76-63-42-59-46(30-28-44-20-13-15-22-55(44)59)32-61(63)75-62-33-47-31-29-45-21-14-16-23-56(45)60(47)43-64(62)77(54-40-51(73(7,8)9)37-52(41-54)74(10,11)12)66-35-48(34-65(76)70(66)75)57-25-19-27-68-69(57)58-24-17-18-26-67(58)78-68/h13-43H,1-12H3. The molecule has 78 heavy (non-hydrogen) atoms. The Hall–Kier alpha value is -8.08. The molecule has 2 aliphatic rings. The smallest absolute Gasteiger partial charge is 0.252 e. The second-order valence-corrected chi connectivity index (χ2v) is 26.7. The van der Waals surface area contributed by atoms with Crippen molar-refractivity contribution in [3.8, 4) is 11.1 Å². The van der Waals surface area contributed by atoms with Gasteiger partial charge in [-0.15, -0.1) is 0 Å². The highest BCUT2D eigenvalue weighted by atomic mass is 16.3. The number of hydrogen-bond acceptors (Lipinski definition) is 3. The lowest BCUT2D eigenvalue weighted by atomic mass is 9.33. The molecule has 0 unspecified atom stereocenters. The van der Waals surface area contributed by atoms with Gasteiger partial charge < -0.3 is 14.2 Å². The Morgan fingerprint density at radius 1 is 0.333 bits per heavy atom. The zero-order valence-corrected chi connectivity index (χ0v) is 47.3. The lowest BCUT2D eigenvalue weighted by Crippen LogP contribution is -2.61. The molecule has 0 amide bonds. The van der Waals surface area contributed by atoms with Crippen LogP contribution in [0.15, 0.2) is 192 Å². The minimum Gasteiger partial charge on any atom is -0.456 e. The van der Waals surface area contributed by atoms with Crippen LogP contribution in [0.2, 0.25) is 0 Å². The summed E-state index contributed by atoms with van der Waals surface area (Å²) < 4.78 is 6.70. The third-order valence-corrected chi connectivity index (χ3v) is 17.3. The number of nitrogens with zero attached hydrogens (tertiary/aromatic N) is 2. The molecule has 4 heteroatoms. The number of hydrogen-bond donors (Lipinski definition) is 0. The topological polar surface area (TPSA) is 19.6 Å². The van der Waals surface area contributed by atoms with Gasteiger partial charge in [-0.1, -0.05) is 210 Å². The summed E-state index contributed by atoms with van der Waals surface area (Å²) in [5, 5.41) is 12.3. The Kier molecular flexibility index (Phi) is 10.4. The Bertz CT molecular complexity index is 4220. The second-order valence-electron chi connectivity index (χ2n) is 26.7. The molecule has 3 nitrogen and oxygen atoms in total. The number of para-hydroxylation sites is 1. The third-order valence-electron chi connectivity index (χ3n) is 17.3. The van der Waals surface area contributed by atoms with Crippen molar-refractivity contribution < 1.29 is 4.42 Å². The molecule has 0 aliphatic carbocycles. The Labute approximate surface area is 460 Å². The molecule has 0 atom stereocenters. The molecule has 3 heterocycles. The van der Waals surface area contributed by atoms with E-state index in [-0.39, 0.29) is 28.4 Å². The van der Waals surface area contributed by atoms with Crippen LogP contribution in [0.1, 0.15) is 105 Å². The van der Waals surface area contributed by atoms with Gasteiger partial charge in [0.1, 0.15) is 11.2 Å². The molecule has 12 aromatic rings. The Morgan fingerprint density at radius 3 is 1.21 bits per heavy atom. The van der Waals surface area contributed by atoms with E-state index in [0.29, 0.717) is 0 Å². The monoisotopic (exact) mass is 1010 g/mol. The van der Waals surface area contributed by atoms with E-state index in [0.717, 1.165) is 33.1 Å². The number of benzene rings is 11. The van der Waals surface area contributed by atoms with Crippen LogP contribution in [-0.2, 0) is 21.7 Å². The first-order valence-electron chi connectivity index (χ1n) is 28.1. The predicted octanol–water partition coefficient (Wildman–Crippen LogP) is 19.1. The van der Waals surface area contributed by atoms with E-state index in [1.165, 1.54) is 116 Å². The molecule has 0 N–H and O–H groups in total. The fourth-order valence-corrected chi connectivity index (χ4v) is 12.9. The van der Waals surface area contributed by atoms with E-state index in [9.17, 15) is 0 Å². The minimum absolute atomic E-state index is 0.111. The zero-order chi connectivity index (χ0) is 53.9. The van der Waals surface area contributed by atoms with Gasteiger partial charge in [0.2, 0.25) is 0 Å². The van der Waals surface area contributed by atoms with Crippen LogP contribution < -0.4 is 26.2 Å². The predicted molar refractivity (Wildman–Crippen MR) is 338 cm³/mol. The number of fused-ring (bicyclic) bond motifs is 13. The first-order chi connectivity index (χ1) is 37.2. The van der Waals surface area contributed by atoms with Gasteiger partial charge in [-0.2, -0.15) is 0 Å². The van der Waals surface area contributed by atoms with E-state index in [1.807, 2.05) is 0 Å². The molecular formula is C74H67BN2O. The summed E-state index contributed by atoms with van der Waals surface area (Å²) in [6, 6.07) is 72.4. The molecule has 11 aromatic carbocycles. The van der Waals surface area contributed by atoms with Gasteiger partial charge in [0.25, 0.3) is 6.71 Å². The van der Waals surface area contributed by atoms with Crippen LogP contribution in [0.5, 0.6) is 0 Å². The maximum absolute atomic E-state index is 6.70. The van der Waals surface area contributed by atoms with Crippen LogP contribution in [-0.4, -0.2) is 6.71 Å². The summed E-state index contributed by atoms with van der Waals surface area (Å²) in [7, 11) is 0. The summed E-state index contributed by atoms with van der Waals surface area (Å²) >= 11 is 0. The minimum atomic E-state index is -0.111. The average Bonchev–Trinajstić information content (AvgIpc) is 3.05. The quantitative estimate of drug-likeness (QED) is 0.130. The third kappa shape index (κ3) is 7.54. The van der Waals surface area contributed by atoms with Gasteiger partial charge >= 0.3 is 0 Å². The highest BCUT2D eigenvalue weighted by Crippen LogP contribution is 2.51. The summed E-state index contributed by atoms with van der Waals surface area (Å²) in [4.78, 5) is 5.33. The lowest BCUT2D eigenvalue weighted by molar-refractivity contribution is 0.568. The van der Waals surface area contributed by atoms with Crippen LogP contribution in [0.3, 0.4) is 0 Å². The van der Waals surface area contributed by atoms with Crippen LogP contribution in [0, 0.1) is 0 Å². The first-order valence-corrected chi connectivity index (χ1v) is 28.1. The number of furan rings is 1. The summed E-state index contributed by atoms with van der Waals surface area (Å²) in [6.45, 7) is 28.2. The van der Waals surface area contributed by atoms with Crippen molar-refractivity contribution in [3.05, 3.63) is 210 Å². The summed E-state index contributed by atoms with van der Waals surface area (Å²) in [5.74, 6) is 0. The van der Waals surface area contributed by atoms with Crippen LogP contribution in [0.4, 0.5) is 34.1 Å². The summed E-state index contributed by atoms with van der Waals surface area (Å²) in [6.07, 6.45) is 0. The molecule has 1 aromatic heterocycles. The molecule has 2 aliphatic heterocycles. The normalized spacial score (nSPS) is 13.8. The van der Waals surface area contributed by atoms with Gasteiger partial charge in [0.05, 0.1) is 0 Å². The van der Waals surface area contributed by atoms with Crippen molar-refractivity contribution in [3.63, 3.8) is 0 Å². The molecule has 0 bridgehead atoms. The second kappa shape index (κ2) is 16.7. The molecular weight excluding hydrogens is 944 g/mol. The highest BCUT2D eigenvalue weighted by molar-refractivity contribution is 7.00. The first kappa shape index (κ1) is 48.3. The summed E-state index contributed by atoms with van der Waals surface area (Å²) in [5.41, 5.74) is 20.0. The van der Waals surface area contributed by atoms with Gasteiger partial charge in [0.15, 0.2) is 0 Å². The fourth-order valence-electron chi connectivity index (χ4n) is 12.9. The maximum atomic E-state index is 6.70. The van der Waals surface area contributed by atoms with Crippen molar-refractivity contribution in [1.29, 1.82) is 0 Å². The van der Waals surface area contributed by atoms with Gasteiger partial charge in [0, 0.05) is 44.9 Å². The number of rotatable bonds is 3. The maximum Gasteiger partial charge on any atom is 0.252 e. The lowest BCUT2D eigenvalue weighted by Gasteiger charge is -2.45. The molecule has 0 saturated heterocycles. The van der Waals surface area contributed by atoms with E-state index in [4.69, 9.17) is 4.42 Å². The molecule has 14 rings (SSSR count). The SMILES string of the molecule is CC(C)(C)c1cc(N2c3cc4c(ccc5ccccc54)cc3B3c4cc5ccc6ccccc6c5cc4N(c4cc(C(C)(C)C)cc(C(C)(C)C)c4)c4cc(-c5cccc6oc7ccccc7c56)cc2c43)cc(C(C)(C)C)c1. The van der Waals surface area contributed by atoms with E-state index in [1.54, 1.807) is 0 Å². The van der Waals surface area contributed by atoms with Gasteiger partial charge in [-0.05, 0) is 175 Å². The average molecular weight is 1010 g/mol. The molecule has 0 spiro atoms. The molecule has 0 saturated carbocycles. The van der Waals surface area contributed by atoms with Crippen molar-refractivity contribution >= 4 is 122 Å². The highest BCUT2D eigenvalue weighted by Gasteiger charge is 2.45. The van der Waals surface area contributed by atoms with Crippen LogP contribution >= 0.6 is 0 Å². The largest absolute Gasteiger partial charge is 0.456 e. The van der Waals surface area contributed by atoms with Crippen molar-refractivity contribution in [1.82, 2.24) is 0 Å². The molecule has 382 valence electrons. The van der Waals surface area contributed by atoms with E-state index < -0.39 is 0 Å². The fraction of sp³-hybridized carbons (Fsp3) is 0.216. The number of anilines is 6. The van der Waals surface area contributed by atoms with Crippen molar-refractivity contribution in [2.24, 2.45) is 0 Å². The Balaban J connectivity index is 1.20. The van der Waals surface area contributed by atoms with Crippen molar-refractivity contribution in [2.75, 3.05) is 9.80 Å². The Morgan fingerprint density at radius 2 is 0.744 bits per heavy atom. The van der Waals surface area contributed by atoms with Crippen LogP contribution in [0.25, 0.3) is 76.2 Å². The van der Waals surface area contributed by atoms with Gasteiger partial charge in [-0.3, -0.25) is 0 Å². The molecule has 0 fully saturated rings. The zero-order valence-electron chi connectivity index (χ0n) is 47.3.